The molecule has 9 heteroatoms. The van der Waals surface area contributed by atoms with Gasteiger partial charge >= 0.3 is 5.69 Å². The highest BCUT2D eigenvalue weighted by Crippen LogP contribution is 2.28. The van der Waals surface area contributed by atoms with Crippen LogP contribution < -0.4 is 10.1 Å². The Kier molecular flexibility index (Phi) is 5.73. The van der Waals surface area contributed by atoms with E-state index in [9.17, 15) is 19.7 Å². The predicted octanol–water partition coefficient (Wildman–Crippen LogP) is 3.73. The highest BCUT2D eigenvalue weighted by Gasteiger charge is 2.17. The van der Waals surface area contributed by atoms with Crippen LogP contribution in [0.1, 0.15) is 10.4 Å². The zero-order valence-corrected chi connectivity index (χ0v) is 13.5. The summed E-state index contributed by atoms with van der Waals surface area (Å²) in [5, 5.41) is 14.1. The lowest BCUT2D eigenvalue weighted by Crippen LogP contribution is -2.20. The van der Waals surface area contributed by atoms with Crippen LogP contribution in [-0.4, -0.2) is 23.7 Å². The van der Waals surface area contributed by atoms with Crippen molar-refractivity contribution in [2.45, 2.75) is 0 Å². The number of nitrogens with one attached hydrogen (secondary N) is 1. The van der Waals surface area contributed by atoms with Crippen molar-refractivity contribution in [1.29, 1.82) is 0 Å². The van der Waals surface area contributed by atoms with Crippen molar-refractivity contribution < 1.29 is 19.2 Å². The summed E-state index contributed by atoms with van der Waals surface area (Å²) >= 11 is 11.7. The van der Waals surface area contributed by atoms with Crippen LogP contribution in [0.3, 0.4) is 0 Å². The monoisotopic (exact) mass is 368 g/mol. The summed E-state index contributed by atoms with van der Waals surface area (Å²) in [5.74, 6) is -0.703. The number of aldehydes is 1. The highest BCUT2D eigenvalue weighted by atomic mass is 35.5. The Morgan fingerprint density at radius 1 is 1.25 bits per heavy atom. The number of anilines is 1. The number of nitro groups is 1. The summed E-state index contributed by atoms with van der Waals surface area (Å²) in [6.07, 6.45) is 0.477. The SMILES string of the molecule is O=Cc1ccc(OCC(=O)Nc2cc(Cl)ccc2Cl)c([N+](=O)[O-])c1. The number of benzene rings is 2. The van der Waals surface area contributed by atoms with Gasteiger partial charge in [-0.3, -0.25) is 19.7 Å². The van der Waals surface area contributed by atoms with Gasteiger partial charge in [-0.2, -0.15) is 0 Å². The third kappa shape index (κ3) is 4.43. The number of nitro benzene ring substituents is 1. The molecule has 1 N–H and O–H groups in total. The molecule has 0 aromatic heterocycles. The predicted molar refractivity (Wildman–Crippen MR) is 89.1 cm³/mol. The second-order valence-electron chi connectivity index (χ2n) is 4.56. The minimum absolute atomic E-state index is 0.127. The first-order chi connectivity index (χ1) is 11.4. The molecule has 0 saturated heterocycles. The van der Waals surface area contributed by atoms with Crippen molar-refractivity contribution >= 4 is 46.8 Å². The van der Waals surface area contributed by atoms with E-state index >= 15 is 0 Å². The fourth-order valence-electron chi connectivity index (χ4n) is 1.80. The van der Waals surface area contributed by atoms with Crippen molar-refractivity contribution in [2.24, 2.45) is 0 Å². The number of nitrogens with zero attached hydrogens (tertiary/aromatic N) is 1. The van der Waals surface area contributed by atoms with E-state index in [0.717, 1.165) is 6.07 Å². The number of amides is 1. The van der Waals surface area contributed by atoms with E-state index in [1.54, 1.807) is 6.07 Å². The number of carbonyl (C=O) groups excluding carboxylic acids is 2. The topological polar surface area (TPSA) is 98.5 Å². The molecule has 2 rings (SSSR count). The van der Waals surface area contributed by atoms with Crippen molar-refractivity contribution in [3.8, 4) is 5.75 Å². The maximum Gasteiger partial charge on any atom is 0.311 e. The van der Waals surface area contributed by atoms with Crippen LogP contribution in [-0.2, 0) is 4.79 Å². The van der Waals surface area contributed by atoms with Gasteiger partial charge in [-0.1, -0.05) is 23.2 Å². The Morgan fingerprint density at radius 3 is 2.67 bits per heavy atom. The maximum atomic E-state index is 11.9. The average Bonchev–Trinajstić information content (AvgIpc) is 2.56. The number of hydrogen-bond acceptors (Lipinski definition) is 5. The molecule has 124 valence electrons. The molecular formula is C15H10Cl2N2O5. The number of carbonyl (C=O) groups is 2. The number of rotatable bonds is 6. The zero-order valence-electron chi connectivity index (χ0n) is 12.0. The van der Waals surface area contributed by atoms with Crippen LogP contribution in [0, 0.1) is 10.1 Å². The molecule has 0 aliphatic carbocycles. The summed E-state index contributed by atoms with van der Waals surface area (Å²) in [4.78, 5) is 32.8. The second kappa shape index (κ2) is 7.76. The summed E-state index contributed by atoms with van der Waals surface area (Å²) < 4.78 is 5.16. The number of ether oxygens (including phenoxy) is 1. The zero-order chi connectivity index (χ0) is 17.7. The van der Waals surface area contributed by atoms with Gasteiger partial charge in [-0.25, -0.2) is 0 Å². The van der Waals surface area contributed by atoms with Gasteiger partial charge in [-0.15, -0.1) is 0 Å². The normalized spacial score (nSPS) is 10.1. The average molecular weight is 369 g/mol. The maximum absolute atomic E-state index is 11.9. The number of hydrogen-bond donors (Lipinski definition) is 1. The lowest BCUT2D eigenvalue weighted by molar-refractivity contribution is -0.385. The molecule has 0 atom stereocenters. The molecule has 0 fully saturated rings. The Morgan fingerprint density at radius 2 is 2.00 bits per heavy atom. The smallest absolute Gasteiger partial charge is 0.311 e. The molecule has 0 bridgehead atoms. The van der Waals surface area contributed by atoms with Gasteiger partial charge in [0.15, 0.2) is 12.4 Å². The Balaban J connectivity index is 2.07. The standard InChI is InChI=1S/C15H10Cl2N2O5/c16-10-2-3-11(17)12(6-10)18-15(21)8-24-14-4-1-9(7-20)5-13(14)19(22)23/h1-7H,8H2,(H,18,21). The minimum atomic E-state index is -0.700. The van der Waals surface area contributed by atoms with E-state index in [0.29, 0.717) is 17.0 Å². The molecule has 2 aromatic carbocycles. The first-order valence-electron chi connectivity index (χ1n) is 6.52. The van der Waals surface area contributed by atoms with E-state index in [1.165, 1.54) is 24.3 Å². The fraction of sp³-hybridized carbons (Fsp3) is 0.0667. The largest absolute Gasteiger partial charge is 0.477 e. The summed E-state index contributed by atoms with van der Waals surface area (Å²) in [5.41, 5.74) is 0.0148. The van der Waals surface area contributed by atoms with Gasteiger partial charge in [0.1, 0.15) is 6.29 Å². The van der Waals surface area contributed by atoms with Gasteiger partial charge in [0.05, 0.1) is 15.6 Å². The van der Waals surface area contributed by atoms with Crippen molar-refractivity contribution in [3.63, 3.8) is 0 Å². The molecule has 0 spiro atoms. The van der Waals surface area contributed by atoms with Gasteiger partial charge < -0.3 is 10.1 Å². The molecule has 24 heavy (non-hydrogen) atoms. The molecule has 0 saturated carbocycles. The molecule has 0 aliphatic heterocycles. The van der Waals surface area contributed by atoms with E-state index in [4.69, 9.17) is 27.9 Å². The van der Waals surface area contributed by atoms with Gasteiger partial charge in [-0.05, 0) is 30.3 Å². The molecule has 0 unspecified atom stereocenters. The molecule has 0 aliphatic rings. The molecule has 1 amide bonds. The lowest BCUT2D eigenvalue weighted by Gasteiger charge is -2.09. The summed E-state index contributed by atoms with van der Waals surface area (Å²) in [6.45, 7) is -0.482. The minimum Gasteiger partial charge on any atom is -0.477 e. The highest BCUT2D eigenvalue weighted by molar-refractivity contribution is 6.35. The van der Waals surface area contributed by atoms with Gasteiger partial charge in [0.25, 0.3) is 5.91 Å². The molecule has 7 nitrogen and oxygen atoms in total. The van der Waals surface area contributed by atoms with Crippen LogP contribution in [0.25, 0.3) is 0 Å². The first-order valence-corrected chi connectivity index (χ1v) is 7.27. The quantitative estimate of drug-likeness (QED) is 0.475. The van der Waals surface area contributed by atoms with Crippen LogP contribution in [0.4, 0.5) is 11.4 Å². The van der Waals surface area contributed by atoms with E-state index in [-0.39, 0.29) is 16.3 Å². The van der Waals surface area contributed by atoms with E-state index < -0.39 is 23.1 Å². The molecular weight excluding hydrogens is 359 g/mol. The lowest BCUT2D eigenvalue weighted by atomic mass is 10.2. The Hall–Kier alpha value is -2.64. The third-order valence-electron chi connectivity index (χ3n) is 2.88. The van der Waals surface area contributed by atoms with Crippen LogP contribution in [0.15, 0.2) is 36.4 Å². The second-order valence-corrected chi connectivity index (χ2v) is 5.41. The number of halogens is 2. The first kappa shape index (κ1) is 17.7. The fourth-order valence-corrected chi connectivity index (χ4v) is 2.13. The molecule has 2 aromatic rings. The van der Waals surface area contributed by atoms with E-state index in [2.05, 4.69) is 5.32 Å². The van der Waals surface area contributed by atoms with Crippen LogP contribution >= 0.6 is 23.2 Å². The molecule has 0 heterocycles. The van der Waals surface area contributed by atoms with Crippen molar-refractivity contribution in [1.82, 2.24) is 0 Å². The van der Waals surface area contributed by atoms with Crippen molar-refractivity contribution in [3.05, 3.63) is 62.1 Å². The summed E-state index contributed by atoms with van der Waals surface area (Å²) in [6, 6.07) is 8.21. The third-order valence-corrected chi connectivity index (χ3v) is 3.44. The van der Waals surface area contributed by atoms with Crippen LogP contribution in [0.2, 0.25) is 10.0 Å². The summed E-state index contributed by atoms with van der Waals surface area (Å²) in [7, 11) is 0. The van der Waals surface area contributed by atoms with Gasteiger partial charge in [0.2, 0.25) is 0 Å². The van der Waals surface area contributed by atoms with Crippen molar-refractivity contribution in [2.75, 3.05) is 11.9 Å². The van der Waals surface area contributed by atoms with Gasteiger partial charge in [0, 0.05) is 16.7 Å². The molecule has 0 radical (unpaired) electrons. The Bertz CT molecular complexity index is 810. The Labute approximate surface area is 146 Å². The van der Waals surface area contributed by atoms with Crippen LogP contribution in [0.5, 0.6) is 5.75 Å². The van der Waals surface area contributed by atoms with E-state index in [1.807, 2.05) is 0 Å².